The highest BCUT2D eigenvalue weighted by molar-refractivity contribution is 9.10. The molecule has 0 aromatic heterocycles. The molecule has 5 nitrogen and oxygen atoms in total. The van der Waals surface area contributed by atoms with Crippen molar-refractivity contribution in [3.8, 4) is 5.75 Å². The van der Waals surface area contributed by atoms with E-state index >= 15 is 0 Å². The molecule has 0 radical (unpaired) electrons. The van der Waals surface area contributed by atoms with E-state index in [0.29, 0.717) is 37.4 Å². The summed E-state index contributed by atoms with van der Waals surface area (Å²) in [5.41, 5.74) is 0.132. The molecule has 0 aliphatic carbocycles. The summed E-state index contributed by atoms with van der Waals surface area (Å²) in [6.45, 7) is 3.00. The first kappa shape index (κ1) is 23.7. The van der Waals surface area contributed by atoms with Crippen molar-refractivity contribution in [1.82, 2.24) is 9.80 Å². The lowest BCUT2D eigenvalue weighted by Gasteiger charge is -2.43. The minimum Gasteiger partial charge on any atom is -0.493 e. The van der Waals surface area contributed by atoms with Gasteiger partial charge >= 0.3 is 0 Å². The number of rotatable bonds is 6. The maximum Gasteiger partial charge on any atom is 0.255 e. The van der Waals surface area contributed by atoms with E-state index in [1.807, 2.05) is 34.1 Å². The molecular formula is C26H30BrFN2O3. The third kappa shape index (κ3) is 5.94. The van der Waals surface area contributed by atoms with E-state index in [4.69, 9.17) is 4.74 Å². The van der Waals surface area contributed by atoms with Crippen LogP contribution in [0.2, 0.25) is 0 Å². The lowest BCUT2D eigenvalue weighted by atomic mass is 9.77. The van der Waals surface area contributed by atoms with Crippen LogP contribution in [0.4, 0.5) is 4.39 Å². The van der Waals surface area contributed by atoms with Crippen molar-refractivity contribution in [3.63, 3.8) is 0 Å². The lowest BCUT2D eigenvalue weighted by Crippen LogP contribution is -2.51. The van der Waals surface area contributed by atoms with E-state index in [1.54, 1.807) is 12.1 Å². The minimum absolute atomic E-state index is 0.0428. The molecule has 2 heterocycles. The number of carbonyl (C=O) groups is 2. The van der Waals surface area contributed by atoms with Gasteiger partial charge in [-0.2, -0.15) is 0 Å². The van der Waals surface area contributed by atoms with Gasteiger partial charge in [-0.15, -0.1) is 0 Å². The monoisotopic (exact) mass is 516 g/mol. The van der Waals surface area contributed by atoms with Crippen molar-refractivity contribution >= 4 is 27.7 Å². The van der Waals surface area contributed by atoms with Gasteiger partial charge in [-0.05, 0) is 84.4 Å². The number of nitrogens with zero attached hydrogens (tertiary/aromatic N) is 2. The molecule has 0 saturated carbocycles. The Morgan fingerprint density at radius 2 is 1.64 bits per heavy atom. The zero-order valence-electron chi connectivity index (χ0n) is 18.8. The molecule has 33 heavy (non-hydrogen) atoms. The first-order valence-corrected chi connectivity index (χ1v) is 12.5. The molecule has 1 atom stereocenters. The Labute approximate surface area is 203 Å². The van der Waals surface area contributed by atoms with E-state index in [9.17, 15) is 14.0 Å². The predicted octanol–water partition coefficient (Wildman–Crippen LogP) is 5.29. The fraction of sp³-hybridized carbons (Fsp3) is 0.462. The molecule has 2 saturated heterocycles. The Kier molecular flexibility index (Phi) is 7.68. The number of halogens is 2. The minimum atomic E-state index is -0.488. The average Bonchev–Trinajstić information content (AvgIpc) is 2.84. The summed E-state index contributed by atoms with van der Waals surface area (Å²) >= 11 is 3.49. The quantitative estimate of drug-likeness (QED) is 0.523. The average molecular weight is 517 g/mol. The van der Waals surface area contributed by atoms with Crippen LogP contribution in [0.25, 0.3) is 0 Å². The van der Waals surface area contributed by atoms with Crippen LogP contribution in [0.3, 0.4) is 0 Å². The largest absolute Gasteiger partial charge is 0.493 e. The molecule has 2 aromatic carbocycles. The summed E-state index contributed by atoms with van der Waals surface area (Å²) in [5, 5.41) is 0. The Morgan fingerprint density at radius 3 is 2.36 bits per heavy atom. The number of hydrogen-bond donors (Lipinski definition) is 0. The summed E-state index contributed by atoms with van der Waals surface area (Å²) in [6.07, 6.45) is 5.18. The molecule has 0 N–H and O–H groups in total. The van der Waals surface area contributed by atoms with E-state index in [-0.39, 0.29) is 17.6 Å². The third-order valence-corrected chi connectivity index (χ3v) is 7.34. The van der Waals surface area contributed by atoms with Gasteiger partial charge in [-0.25, -0.2) is 4.39 Å². The lowest BCUT2D eigenvalue weighted by molar-refractivity contribution is -0.136. The third-order valence-electron chi connectivity index (χ3n) is 6.65. The molecule has 2 aliphatic heterocycles. The summed E-state index contributed by atoms with van der Waals surface area (Å²) in [5.74, 6) is 0.335. The molecular weight excluding hydrogens is 487 g/mol. The molecule has 0 bridgehead atoms. The highest BCUT2D eigenvalue weighted by Crippen LogP contribution is 2.36. The van der Waals surface area contributed by atoms with Crippen LogP contribution >= 0.6 is 15.9 Å². The first-order chi connectivity index (χ1) is 16.0. The Hall–Kier alpha value is -2.41. The van der Waals surface area contributed by atoms with Crippen LogP contribution in [-0.4, -0.2) is 54.4 Å². The standard InChI is InChI=1S/C26H30BrFN2O3/c27-23-8-3-2-7-22(23)25(32)30-16-6-13-26(18-30,17-24(31)29-14-4-1-5-15-29)19-33-21-11-9-20(28)10-12-21/h2-3,7-12H,1,4-6,13-19H2/t26-/m1/s1. The second-order valence-corrected chi connectivity index (χ2v) is 10.0. The molecule has 2 aliphatic rings. The highest BCUT2D eigenvalue weighted by Gasteiger charge is 2.41. The van der Waals surface area contributed by atoms with Gasteiger partial charge in [0, 0.05) is 42.5 Å². The van der Waals surface area contributed by atoms with Crippen LogP contribution in [-0.2, 0) is 4.79 Å². The molecule has 176 valence electrons. The van der Waals surface area contributed by atoms with Gasteiger partial charge in [0.2, 0.25) is 5.91 Å². The van der Waals surface area contributed by atoms with Crippen LogP contribution < -0.4 is 4.74 Å². The molecule has 0 unspecified atom stereocenters. The van der Waals surface area contributed by atoms with Crippen LogP contribution in [0.15, 0.2) is 53.0 Å². The molecule has 2 fully saturated rings. The van der Waals surface area contributed by atoms with Gasteiger partial charge in [0.15, 0.2) is 0 Å². The van der Waals surface area contributed by atoms with Gasteiger partial charge < -0.3 is 14.5 Å². The van der Waals surface area contributed by atoms with Crippen molar-refractivity contribution < 1.29 is 18.7 Å². The predicted molar refractivity (Wildman–Crippen MR) is 129 cm³/mol. The van der Waals surface area contributed by atoms with Crippen molar-refractivity contribution in [1.29, 1.82) is 0 Å². The van der Waals surface area contributed by atoms with Gasteiger partial charge in [-0.3, -0.25) is 9.59 Å². The fourth-order valence-corrected chi connectivity index (χ4v) is 5.30. The van der Waals surface area contributed by atoms with Crippen molar-refractivity contribution in [2.45, 2.75) is 38.5 Å². The number of amides is 2. The summed E-state index contributed by atoms with van der Waals surface area (Å²) in [6, 6.07) is 13.3. The smallest absolute Gasteiger partial charge is 0.255 e. The molecule has 0 spiro atoms. The SMILES string of the molecule is O=C(C[C@]1(COc2ccc(F)cc2)CCCN(C(=O)c2ccccc2Br)C1)N1CCCCC1. The number of hydrogen-bond acceptors (Lipinski definition) is 3. The first-order valence-electron chi connectivity index (χ1n) is 11.7. The van der Waals surface area contributed by atoms with Crippen LogP contribution in [0, 0.1) is 11.2 Å². The molecule has 2 aromatic rings. The van der Waals surface area contributed by atoms with E-state index in [0.717, 1.165) is 49.7 Å². The maximum atomic E-state index is 13.3. The van der Waals surface area contributed by atoms with Crippen molar-refractivity contribution in [3.05, 3.63) is 64.4 Å². The topological polar surface area (TPSA) is 49.9 Å². The fourth-order valence-electron chi connectivity index (χ4n) is 4.84. The van der Waals surface area contributed by atoms with Crippen LogP contribution in [0.1, 0.15) is 48.9 Å². The molecule has 4 rings (SSSR count). The zero-order chi connectivity index (χ0) is 23.3. The van der Waals surface area contributed by atoms with E-state index in [1.165, 1.54) is 12.1 Å². The number of carbonyl (C=O) groups excluding carboxylic acids is 2. The highest BCUT2D eigenvalue weighted by atomic mass is 79.9. The Bertz CT molecular complexity index is 978. The molecule has 7 heteroatoms. The van der Waals surface area contributed by atoms with E-state index in [2.05, 4.69) is 15.9 Å². The summed E-state index contributed by atoms with van der Waals surface area (Å²) in [7, 11) is 0. The Balaban J connectivity index is 1.54. The Morgan fingerprint density at radius 1 is 0.939 bits per heavy atom. The van der Waals surface area contributed by atoms with Crippen molar-refractivity contribution in [2.75, 3.05) is 32.8 Å². The summed E-state index contributed by atoms with van der Waals surface area (Å²) in [4.78, 5) is 30.4. The normalized spacial score (nSPS) is 21.0. The van der Waals surface area contributed by atoms with Gasteiger partial charge in [0.25, 0.3) is 5.91 Å². The van der Waals surface area contributed by atoms with Crippen LogP contribution in [0.5, 0.6) is 5.75 Å². The zero-order valence-corrected chi connectivity index (χ0v) is 20.4. The number of piperidine rings is 2. The second kappa shape index (κ2) is 10.7. The second-order valence-electron chi connectivity index (χ2n) is 9.17. The number of benzene rings is 2. The van der Waals surface area contributed by atoms with Crippen molar-refractivity contribution in [2.24, 2.45) is 5.41 Å². The summed E-state index contributed by atoms with van der Waals surface area (Å²) < 4.78 is 20.1. The number of likely N-dealkylation sites (tertiary alicyclic amines) is 2. The van der Waals surface area contributed by atoms with Gasteiger partial charge in [0.1, 0.15) is 11.6 Å². The van der Waals surface area contributed by atoms with Gasteiger partial charge in [0.05, 0.1) is 12.2 Å². The number of ether oxygens (including phenoxy) is 1. The van der Waals surface area contributed by atoms with Gasteiger partial charge in [-0.1, -0.05) is 12.1 Å². The van der Waals surface area contributed by atoms with E-state index < -0.39 is 5.41 Å². The maximum absolute atomic E-state index is 13.3. The molecule has 2 amide bonds.